The van der Waals surface area contributed by atoms with Crippen molar-refractivity contribution in [3.8, 4) is 0 Å². The minimum Gasteiger partial charge on any atom is -0.356 e. The number of hydrogen-bond acceptors (Lipinski definition) is 3. The van der Waals surface area contributed by atoms with E-state index in [0.29, 0.717) is 30.8 Å². The van der Waals surface area contributed by atoms with Gasteiger partial charge >= 0.3 is 0 Å². The van der Waals surface area contributed by atoms with Crippen LogP contribution in [0.5, 0.6) is 0 Å². The highest BCUT2D eigenvalue weighted by molar-refractivity contribution is 5.92. The highest BCUT2D eigenvalue weighted by Gasteiger charge is 2.39. The molecule has 0 unspecified atom stereocenters. The van der Waals surface area contributed by atoms with Gasteiger partial charge in [0.25, 0.3) is 0 Å². The maximum atomic E-state index is 12.1. The summed E-state index contributed by atoms with van der Waals surface area (Å²) in [6, 6.07) is 9.91. The van der Waals surface area contributed by atoms with Gasteiger partial charge in [-0.3, -0.25) is 14.5 Å². The molecular formula is C17H23N3O2. The van der Waals surface area contributed by atoms with Crippen molar-refractivity contribution in [2.24, 2.45) is 11.8 Å². The van der Waals surface area contributed by atoms with E-state index in [0.717, 1.165) is 25.1 Å². The monoisotopic (exact) mass is 301 g/mol. The topological polar surface area (TPSA) is 61.4 Å². The van der Waals surface area contributed by atoms with Crippen molar-refractivity contribution in [3.05, 3.63) is 30.3 Å². The van der Waals surface area contributed by atoms with Crippen LogP contribution in [0.1, 0.15) is 19.3 Å². The number of rotatable bonds is 4. The number of amides is 2. The Bertz CT molecular complexity index is 546. The molecule has 0 spiro atoms. The van der Waals surface area contributed by atoms with Crippen LogP contribution in [0.2, 0.25) is 0 Å². The van der Waals surface area contributed by atoms with E-state index in [-0.39, 0.29) is 11.8 Å². The first-order chi connectivity index (χ1) is 10.6. The molecule has 0 aromatic heterocycles. The molecule has 2 aliphatic rings. The quantitative estimate of drug-likeness (QED) is 0.885. The maximum absolute atomic E-state index is 12.1. The van der Waals surface area contributed by atoms with Crippen molar-refractivity contribution in [2.45, 2.75) is 25.3 Å². The van der Waals surface area contributed by atoms with Gasteiger partial charge in [0.15, 0.2) is 0 Å². The number of para-hydroxylation sites is 1. The summed E-state index contributed by atoms with van der Waals surface area (Å²) in [5.41, 5.74) is 0.829. The summed E-state index contributed by atoms with van der Waals surface area (Å²) < 4.78 is 0. The molecule has 1 aromatic carbocycles. The van der Waals surface area contributed by atoms with Crippen LogP contribution in [0.3, 0.4) is 0 Å². The van der Waals surface area contributed by atoms with Gasteiger partial charge in [0.05, 0.1) is 6.54 Å². The van der Waals surface area contributed by atoms with Gasteiger partial charge in [-0.05, 0) is 43.9 Å². The Labute approximate surface area is 131 Å². The molecule has 1 aliphatic heterocycles. The van der Waals surface area contributed by atoms with Crippen LogP contribution < -0.4 is 10.6 Å². The smallest absolute Gasteiger partial charge is 0.238 e. The number of fused-ring (bicyclic) bond motifs is 1. The lowest BCUT2D eigenvalue weighted by Gasteiger charge is -2.24. The lowest BCUT2D eigenvalue weighted by atomic mass is 9.89. The van der Waals surface area contributed by atoms with Gasteiger partial charge in [0.1, 0.15) is 0 Å². The SMILES string of the molecule is CN(CC(=O)Nc1ccccc1)[C@H]1C[C@H]2CNC(=O)C[C@H]2C1. The molecule has 2 N–H and O–H groups in total. The molecule has 22 heavy (non-hydrogen) atoms. The summed E-state index contributed by atoms with van der Waals surface area (Å²) in [5.74, 6) is 1.24. The Balaban J connectivity index is 1.51. The van der Waals surface area contributed by atoms with Crippen molar-refractivity contribution in [1.29, 1.82) is 0 Å². The Morgan fingerprint density at radius 3 is 2.77 bits per heavy atom. The van der Waals surface area contributed by atoms with Crippen LogP contribution in [0.4, 0.5) is 5.69 Å². The normalized spacial score (nSPS) is 27.4. The number of carbonyl (C=O) groups is 2. The summed E-state index contributed by atoms with van der Waals surface area (Å²) >= 11 is 0. The zero-order valence-electron chi connectivity index (χ0n) is 12.9. The third kappa shape index (κ3) is 3.47. The Kier molecular flexibility index (Phi) is 4.43. The summed E-state index contributed by atoms with van der Waals surface area (Å²) in [6.07, 6.45) is 2.73. The fourth-order valence-electron chi connectivity index (χ4n) is 3.67. The van der Waals surface area contributed by atoms with E-state index in [2.05, 4.69) is 15.5 Å². The van der Waals surface area contributed by atoms with E-state index in [1.807, 2.05) is 37.4 Å². The van der Waals surface area contributed by atoms with Crippen LogP contribution in [0.25, 0.3) is 0 Å². The minimum absolute atomic E-state index is 0.0118. The van der Waals surface area contributed by atoms with Gasteiger partial charge < -0.3 is 10.6 Å². The average molecular weight is 301 g/mol. The predicted molar refractivity (Wildman–Crippen MR) is 85.3 cm³/mol. The number of piperidine rings is 1. The molecule has 2 fully saturated rings. The third-order valence-electron chi connectivity index (χ3n) is 4.90. The number of anilines is 1. The lowest BCUT2D eigenvalue weighted by molar-refractivity contribution is -0.124. The van der Waals surface area contributed by atoms with Crippen LogP contribution >= 0.6 is 0 Å². The zero-order chi connectivity index (χ0) is 15.5. The first kappa shape index (κ1) is 15.0. The van der Waals surface area contributed by atoms with Crippen LogP contribution in [0, 0.1) is 11.8 Å². The number of benzene rings is 1. The van der Waals surface area contributed by atoms with Crippen molar-refractivity contribution >= 4 is 17.5 Å². The maximum Gasteiger partial charge on any atom is 0.238 e. The molecule has 3 atom stereocenters. The lowest BCUT2D eigenvalue weighted by Crippen LogP contribution is -2.38. The van der Waals surface area contributed by atoms with Gasteiger partial charge in [-0.1, -0.05) is 18.2 Å². The molecule has 1 aromatic rings. The highest BCUT2D eigenvalue weighted by Crippen LogP contribution is 2.38. The molecule has 1 saturated heterocycles. The number of nitrogens with one attached hydrogen (secondary N) is 2. The van der Waals surface area contributed by atoms with Crippen molar-refractivity contribution in [3.63, 3.8) is 0 Å². The molecule has 1 heterocycles. The van der Waals surface area contributed by atoms with Gasteiger partial charge in [-0.25, -0.2) is 0 Å². The highest BCUT2D eigenvalue weighted by atomic mass is 16.2. The van der Waals surface area contributed by atoms with Gasteiger partial charge in [0.2, 0.25) is 11.8 Å². The molecule has 3 rings (SSSR count). The molecule has 0 radical (unpaired) electrons. The second-order valence-electron chi connectivity index (χ2n) is 6.48. The number of likely N-dealkylation sites (N-methyl/N-ethyl adjacent to an activating group) is 1. The number of nitrogens with zero attached hydrogens (tertiary/aromatic N) is 1. The van der Waals surface area contributed by atoms with Crippen molar-refractivity contribution < 1.29 is 9.59 Å². The summed E-state index contributed by atoms with van der Waals surface area (Å²) in [6.45, 7) is 1.18. The molecule has 5 nitrogen and oxygen atoms in total. The van der Waals surface area contributed by atoms with E-state index in [1.54, 1.807) is 0 Å². The van der Waals surface area contributed by atoms with E-state index >= 15 is 0 Å². The average Bonchev–Trinajstić information content (AvgIpc) is 2.91. The van der Waals surface area contributed by atoms with E-state index in [1.165, 1.54) is 0 Å². The van der Waals surface area contributed by atoms with Crippen LogP contribution in [-0.2, 0) is 9.59 Å². The molecule has 2 amide bonds. The minimum atomic E-state index is 0.0118. The summed E-state index contributed by atoms with van der Waals surface area (Å²) in [7, 11) is 2.00. The fraction of sp³-hybridized carbons (Fsp3) is 0.529. The van der Waals surface area contributed by atoms with E-state index in [4.69, 9.17) is 0 Å². The molecule has 0 bridgehead atoms. The molecule has 1 aliphatic carbocycles. The van der Waals surface area contributed by atoms with Crippen LogP contribution in [0.15, 0.2) is 30.3 Å². The van der Waals surface area contributed by atoms with Gasteiger partial charge in [-0.2, -0.15) is 0 Å². The van der Waals surface area contributed by atoms with Gasteiger partial charge in [0, 0.05) is 24.7 Å². The molecule has 1 saturated carbocycles. The largest absolute Gasteiger partial charge is 0.356 e. The van der Waals surface area contributed by atoms with E-state index < -0.39 is 0 Å². The first-order valence-corrected chi connectivity index (χ1v) is 7.93. The Morgan fingerprint density at radius 2 is 2.00 bits per heavy atom. The molecular weight excluding hydrogens is 278 g/mol. The summed E-state index contributed by atoms with van der Waals surface area (Å²) in [5, 5.41) is 5.87. The molecule has 118 valence electrons. The van der Waals surface area contributed by atoms with Crippen molar-refractivity contribution in [2.75, 3.05) is 25.5 Å². The van der Waals surface area contributed by atoms with Crippen molar-refractivity contribution in [1.82, 2.24) is 10.2 Å². The van der Waals surface area contributed by atoms with Gasteiger partial charge in [-0.15, -0.1) is 0 Å². The fourth-order valence-corrected chi connectivity index (χ4v) is 3.67. The van der Waals surface area contributed by atoms with E-state index in [9.17, 15) is 9.59 Å². The Hall–Kier alpha value is -1.88. The summed E-state index contributed by atoms with van der Waals surface area (Å²) in [4.78, 5) is 25.7. The standard InChI is InChI=1S/C17H23N3O2/c1-20(11-17(22)19-14-5-3-2-4-6-14)15-7-12-9-16(21)18-10-13(12)8-15/h2-6,12-13,15H,7-11H2,1H3,(H,18,21)(H,19,22)/t12-,13+,15-/m1/s1. The number of hydrogen-bond donors (Lipinski definition) is 2. The zero-order valence-corrected chi connectivity index (χ0v) is 12.9. The third-order valence-corrected chi connectivity index (χ3v) is 4.90. The molecule has 5 heteroatoms. The van der Waals surface area contributed by atoms with Crippen LogP contribution in [-0.4, -0.2) is 42.9 Å². The number of carbonyl (C=O) groups excluding carboxylic acids is 2. The predicted octanol–water partition coefficient (Wildman–Crippen LogP) is 1.47. The Morgan fingerprint density at radius 1 is 1.27 bits per heavy atom. The first-order valence-electron chi connectivity index (χ1n) is 7.93. The second kappa shape index (κ2) is 6.48. The second-order valence-corrected chi connectivity index (χ2v) is 6.48.